The van der Waals surface area contributed by atoms with Crippen LogP contribution in [0.4, 0.5) is 13.2 Å². The summed E-state index contributed by atoms with van der Waals surface area (Å²) in [5.74, 6) is -0.171. The lowest BCUT2D eigenvalue weighted by atomic mass is 10.0. The number of halogens is 5. The largest absolute Gasteiger partial charge is 0.416 e. The Balaban J connectivity index is 1.56. The number of fused-ring (bicyclic) bond motifs is 2. The van der Waals surface area contributed by atoms with Gasteiger partial charge in [0.25, 0.3) is 5.56 Å². The fraction of sp³-hybridized carbons (Fsp3) is 0.462. The van der Waals surface area contributed by atoms with Crippen molar-refractivity contribution in [2.75, 3.05) is 31.9 Å². The molecule has 0 unspecified atom stereocenters. The normalized spacial score (nSPS) is 19.1. The number of piperazine rings is 1. The summed E-state index contributed by atoms with van der Waals surface area (Å²) in [5, 5.41) is -0.233. The van der Waals surface area contributed by atoms with Gasteiger partial charge in [-0.15, -0.1) is 0 Å². The highest BCUT2D eigenvalue weighted by Gasteiger charge is 2.38. The molecule has 1 atom stereocenters. The van der Waals surface area contributed by atoms with Crippen molar-refractivity contribution in [3.63, 3.8) is 0 Å². The van der Waals surface area contributed by atoms with Crippen molar-refractivity contribution in [3.05, 3.63) is 67.7 Å². The molecule has 2 saturated heterocycles. The average molecular weight is 603 g/mol. The number of nitrogens with zero attached hydrogens (tertiary/aromatic N) is 4. The van der Waals surface area contributed by atoms with Gasteiger partial charge in [-0.1, -0.05) is 30.1 Å². The molecule has 7 nitrogen and oxygen atoms in total. The van der Waals surface area contributed by atoms with Crippen LogP contribution in [0.15, 0.2) is 40.3 Å². The fourth-order valence-electron chi connectivity index (χ4n) is 5.56. The minimum Gasteiger partial charge on any atom is -0.298 e. The molecule has 210 valence electrons. The number of sulfone groups is 1. The molecule has 0 N–H and O–H groups in total. The summed E-state index contributed by atoms with van der Waals surface area (Å²) in [6.45, 7) is 4.33. The predicted molar refractivity (Wildman–Crippen MR) is 144 cm³/mol. The van der Waals surface area contributed by atoms with Gasteiger partial charge in [0.1, 0.15) is 0 Å². The zero-order valence-electron chi connectivity index (χ0n) is 21.1. The van der Waals surface area contributed by atoms with Crippen LogP contribution in [0.1, 0.15) is 36.5 Å². The Bertz CT molecular complexity index is 1590. The number of hydrogen-bond donors (Lipinski definition) is 0. The maximum absolute atomic E-state index is 14.3. The van der Waals surface area contributed by atoms with E-state index in [4.69, 9.17) is 23.2 Å². The second-order valence-electron chi connectivity index (χ2n) is 10.0. The molecule has 3 heterocycles. The molecule has 39 heavy (non-hydrogen) atoms. The summed E-state index contributed by atoms with van der Waals surface area (Å²) >= 11 is 12.6. The van der Waals surface area contributed by atoms with E-state index in [0.29, 0.717) is 19.1 Å². The van der Waals surface area contributed by atoms with Gasteiger partial charge >= 0.3 is 6.18 Å². The first-order valence-corrected chi connectivity index (χ1v) is 15.0. The van der Waals surface area contributed by atoms with Crippen molar-refractivity contribution in [2.45, 2.75) is 50.0 Å². The first-order chi connectivity index (χ1) is 18.4. The van der Waals surface area contributed by atoms with E-state index in [2.05, 4.69) is 9.88 Å². The molecule has 1 aromatic heterocycles. The van der Waals surface area contributed by atoms with Crippen LogP contribution in [-0.2, 0) is 29.1 Å². The molecule has 2 aliphatic rings. The summed E-state index contributed by atoms with van der Waals surface area (Å²) in [6, 6.07) is 5.34. The van der Waals surface area contributed by atoms with Crippen LogP contribution in [0.25, 0.3) is 10.9 Å². The van der Waals surface area contributed by atoms with Gasteiger partial charge < -0.3 is 0 Å². The van der Waals surface area contributed by atoms with Gasteiger partial charge in [0.2, 0.25) is 0 Å². The molecular weight excluding hydrogens is 576 g/mol. The van der Waals surface area contributed by atoms with Crippen LogP contribution in [0.2, 0.25) is 10.0 Å². The molecule has 0 spiro atoms. The second-order valence-corrected chi connectivity index (χ2v) is 13.1. The van der Waals surface area contributed by atoms with Crippen LogP contribution >= 0.6 is 23.2 Å². The van der Waals surface area contributed by atoms with Gasteiger partial charge in [-0.05, 0) is 54.8 Å². The molecule has 3 aromatic rings. The topological polar surface area (TPSA) is 75.5 Å². The third-order valence-electron chi connectivity index (χ3n) is 7.60. The van der Waals surface area contributed by atoms with E-state index in [-0.39, 0.29) is 55.8 Å². The van der Waals surface area contributed by atoms with Crippen molar-refractivity contribution >= 4 is 43.9 Å². The van der Waals surface area contributed by atoms with Crippen LogP contribution in [0.5, 0.6) is 0 Å². The van der Waals surface area contributed by atoms with E-state index in [9.17, 15) is 26.4 Å². The lowest BCUT2D eigenvalue weighted by Crippen LogP contribution is -2.49. The smallest absolute Gasteiger partial charge is 0.298 e. The molecule has 0 saturated carbocycles. The fourth-order valence-corrected chi connectivity index (χ4v) is 7.18. The standard InChI is InChI=1S/C26H27Cl2F3N4O3S/c1-2-39(37,38)22-6-5-17(27)10-16(22)12-35-15-32-24-19(25(35)36)11-21(26(29,30)31)20(23(24)28)14-33-8-9-34-7-3-4-18(34)13-33/h5-6,10-11,15,18H,2-4,7-9,12-14H2,1H3/t18-/m0/s1. The molecule has 2 aromatic carbocycles. The Labute approximate surface area is 234 Å². The van der Waals surface area contributed by atoms with Crippen molar-refractivity contribution in [3.8, 4) is 0 Å². The first-order valence-electron chi connectivity index (χ1n) is 12.6. The Morgan fingerprint density at radius 3 is 2.59 bits per heavy atom. The molecule has 2 aliphatic heterocycles. The first kappa shape index (κ1) is 28.4. The summed E-state index contributed by atoms with van der Waals surface area (Å²) in [6.07, 6.45) is -1.47. The Morgan fingerprint density at radius 1 is 1.10 bits per heavy atom. The maximum Gasteiger partial charge on any atom is 0.416 e. The quantitative estimate of drug-likeness (QED) is 0.402. The number of hydrogen-bond acceptors (Lipinski definition) is 6. The number of aromatic nitrogens is 2. The van der Waals surface area contributed by atoms with Gasteiger partial charge in [-0.25, -0.2) is 13.4 Å². The molecular formula is C26H27Cl2F3N4O3S. The molecule has 13 heteroatoms. The van der Waals surface area contributed by atoms with Crippen LogP contribution in [0.3, 0.4) is 0 Å². The highest BCUT2D eigenvalue weighted by atomic mass is 35.5. The Morgan fingerprint density at radius 2 is 1.87 bits per heavy atom. The van der Waals surface area contributed by atoms with Gasteiger partial charge in [0.05, 0.1) is 45.0 Å². The van der Waals surface area contributed by atoms with E-state index in [1.165, 1.54) is 31.5 Å². The van der Waals surface area contributed by atoms with Crippen LogP contribution < -0.4 is 5.56 Å². The number of rotatable bonds is 6. The number of benzene rings is 2. The lowest BCUT2D eigenvalue weighted by Gasteiger charge is -2.38. The van der Waals surface area contributed by atoms with Crippen molar-refractivity contribution in [1.82, 2.24) is 19.4 Å². The highest BCUT2D eigenvalue weighted by Crippen LogP contribution is 2.39. The average Bonchev–Trinajstić information content (AvgIpc) is 3.34. The monoisotopic (exact) mass is 602 g/mol. The summed E-state index contributed by atoms with van der Waals surface area (Å²) in [7, 11) is -3.65. The predicted octanol–water partition coefficient (Wildman–Crippen LogP) is 4.84. The van der Waals surface area contributed by atoms with Gasteiger partial charge in [-0.3, -0.25) is 19.2 Å². The summed E-state index contributed by atoms with van der Waals surface area (Å²) < 4.78 is 69.1. The van der Waals surface area contributed by atoms with Crippen LogP contribution in [0, 0.1) is 0 Å². The molecule has 0 aliphatic carbocycles. The maximum atomic E-state index is 14.3. The van der Waals surface area contributed by atoms with E-state index >= 15 is 0 Å². The van der Waals surface area contributed by atoms with E-state index in [1.807, 2.05) is 4.90 Å². The molecule has 0 bridgehead atoms. The van der Waals surface area contributed by atoms with Crippen molar-refractivity contribution < 1.29 is 21.6 Å². The van der Waals surface area contributed by atoms with Crippen molar-refractivity contribution in [1.29, 1.82) is 0 Å². The SMILES string of the molecule is CCS(=O)(=O)c1ccc(Cl)cc1Cn1cnc2c(Cl)c(CN3CCN4CCC[C@H]4C3)c(C(F)(F)F)cc2c1=O. The van der Waals surface area contributed by atoms with Gasteiger partial charge in [0.15, 0.2) is 9.84 Å². The number of alkyl halides is 3. The molecule has 0 amide bonds. The minimum absolute atomic E-state index is 0.000523. The van der Waals surface area contributed by atoms with Gasteiger partial charge in [0, 0.05) is 37.2 Å². The third kappa shape index (κ3) is 5.56. The summed E-state index contributed by atoms with van der Waals surface area (Å²) in [5.41, 5.74) is -1.62. The lowest BCUT2D eigenvalue weighted by molar-refractivity contribution is -0.138. The zero-order chi connectivity index (χ0) is 28.1. The second kappa shape index (κ2) is 10.7. The van der Waals surface area contributed by atoms with Crippen molar-refractivity contribution in [2.24, 2.45) is 0 Å². The Kier molecular flexibility index (Phi) is 7.75. The van der Waals surface area contributed by atoms with E-state index < -0.39 is 27.1 Å². The molecule has 0 radical (unpaired) electrons. The minimum atomic E-state index is -4.75. The highest BCUT2D eigenvalue weighted by molar-refractivity contribution is 7.91. The summed E-state index contributed by atoms with van der Waals surface area (Å²) in [4.78, 5) is 22.0. The molecule has 2 fully saturated rings. The zero-order valence-corrected chi connectivity index (χ0v) is 23.5. The Hall–Kier alpha value is -2.18. The van der Waals surface area contributed by atoms with Gasteiger partial charge in [-0.2, -0.15) is 13.2 Å². The van der Waals surface area contributed by atoms with Crippen LogP contribution in [-0.4, -0.2) is 65.7 Å². The van der Waals surface area contributed by atoms with E-state index in [1.54, 1.807) is 0 Å². The molecule has 5 rings (SSSR count). The van der Waals surface area contributed by atoms with E-state index in [0.717, 1.165) is 36.6 Å². The third-order valence-corrected chi connectivity index (χ3v) is 10.1.